The number of hydrogen-bond acceptors (Lipinski definition) is 7. The van der Waals surface area contributed by atoms with Crippen LogP contribution in [0.3, 0.4) is 0 Å². The van der Waals surface area contributed by atoms with Crippen LogP contribution in [0.15, 0.2) is 47.4 Å². The molecule has 8 heteroatoms. The standard InChI is InChI=1S/C21H23N5O3/c1-28-17-6-2-4-15(10-17)12-20(27)26-9-3-5-16(14-26)11-19-24-21(25-29-19)18-13-22-7-8-23-18/h2,4,6-8,10,13,16H,3,5,9,11-12,14H2,1H3. The van der Waals surface area contributed by atoms with Crippen molar-refractivity contribution in [2.45, 2.75) is 25.7 Å². The third kappa shape index (κ3) is 4.77. The molecule has 29 heavy (non-hydrogen) atoms. The molecule has 0 N–H and O–H groups in total. The number of nitrogens with zero attached hydrogens (tertiary/aromatic N) is 5. The van der Waals surface area contributed by atoms with Gasteiger partial charge < -0.3 is 14.2 Å². The van der Waals surface area contributed by atoms with Gasteiger partial charge in [-0.05, 0) is 36.5 Å². The van der Waals surface area contributed by atoms with Gasteiger partial charge in [-0.25, -0.2) is 4.98 Å². The number of benzene rings is 1. The smallest absolute Gasteiger partial charge is 0.227 e. The van der Waals surface area contributed by atoms with Crippen molar-refractivity contribution >= 4 is 5.91 Å². The lowest BCUT2D eigenvalue weighted by Gasteiger charge is -2.32. The minimum atomic E-state index is 0.133. The Morgan fingerprint density at radius 3 is 3.10 bits per heavy atom. The Labute approximate surface area is 168 Å². The van der Waals surface area contributed by atoms with Gasteiger partial charge in [0.15, 0.2) is 0 Å². The van der Waals surface area contributed by atoms with E-state index in [1.165, 1.54) is 0 Å². The molecule has 1 aliphatic rings. The maximum Gasteiger partial charge on any atom is 0.227 e. The zero-order valence-corrected chi connectivity index (χ0v) is 16.3. The normalized spacial score (nSPS) is 16.6. The molecule has 8 nitrogen and oxygen atoms in total. The number of likely N-dealkylation sites (tertiary alicyclic amines) is 1. The van der Waals surface area contributed by atoms with Gasteiger partial charge in [-0.3, -0.25) is 9.78 Å². The molecule has 1 fully saturated rings. The first-order chi connectivity index (χ1) is 14.2. The van der Waals surface area contributed by atoms with Crippen LogP contribution in [0.4, 0.5) is 0 Å². The summed E-state index contributed by atoms with van der Waals surface area (Å²) in [5.41, 5.74) is 1.54. The van der Waals surface area contributed by atoms with Crippen molar-refractivity contribution in [2.75, 3.05) is 20.2 Å². The minimum Gasteiger partial charge on any atom is -0.497 e. The fraction of sp³-hybridized carbons (Fsp3) is 0.381. The van der Waals surface area contributed by atoms with Crippen molar-refractivity contribution in [1.82, 2.24) is 25.0 Å². The Morgan fingerprint density at radius 1 is 1.34 bits per heavy atom. The van der Waals surface area contributed by atoms with E-state index in [9.17, 15) is 4.79 Å². The molecular formula is C21H23N5O3. The number of aromatic nitrogens is 4. The Balaban J connectivity index is 1.36. The Kier molecular flexibility index (Phi) is 5.79. The summed E-state index contributed by atoms with van der Waals surface area (Å²) in [6.45, 7) is 1.49. The highest BCUT2D eigenvalue weighted by Crippen LogP contribution is 2.22. The highest BCUT2D eigenvalue weighted by molar-refractivity contribution is 5.79. The van der Waals surface area contributed by atoms with Gasteiger partial charge in [0.25, 0.3) is 0 Å². The average Bonchev–Trinajstić information content (AvgIpc) is 3.23. The molecule has 0 spiro atoms. The second-order valence-corrected chi connectivity index (χ2v) is 7.18. The lowest BCUT2D eigenvalue weighted by atomic mass is 9.94. The van der Waals surface area contributed by atoms with Gasteiger partial charge in [-0.1, -0.05) is 17.3 Å². The number of carbonyl (C=O) groups excluding carboxylic acids is 1. The number of amides is 1. The van der Waals surface area contributed by atoms with E-state index in [1.54, 1.807) is 25.7 Å². The number of carbonyl (C=O) groups is 1. The van der Waals surface area contributed by atoms with Crippen LogP contribution in [-0.2, 0) is 17.6 Å². The first-order valence-corrected chi connectivity index (χ1v) is 9.71. The summed E-state index contributed by atoms with van der Waals surface area (Å²) in [5.74, 6) is 2.21. The number of rotatable bonds is 6. The molecule has 2 aromatic heterocycles. The number of hydrogen-bond donors (Lipinski definition) is 0. The fourth-order valence-electron chi connectivity index (χ4n) is 3.63. The first kappa shape index (κ1) is 19.0. The molecular weight excluding hydrogens is 370 g/mol. The van der Waals surface area contributed by atoms with Crippen LogP contribution in [-0.4, -0.2) is 51.1 Å². The maximum atomic E-state index is 12.8. The molecule has 0 aliphatic carbocycles. The summed E-state index contributed by atoms with van der Waals surface area (Å²) < 4.78 is 10.6. The van der Waals surface area contributed by atoms with E-state index >= 15 is 0 Å². The molecule has 1 amide bonds. The van der Waals surface area contributed by atoms with Crippen LogP contribution >= 0.6 is 0 Å². The van der Waals surface area contributed by atoms with Gasteiger partial charge in [-0.2, -0.15) is 4.98 Å². The van der Waals surface area contributed by atoms with Crippen molar-refractivity contribution in [3.8, 4) is 17.3 Å². The van der Waals surface area contributed by atoms with Crippen LogP contribution in [0.25, 0.3) is 11.5 Å². The van der Waals surface area contributed by atoms with E-state index in [-0.39, 0.29) is 5.91 Å². The first-order valence-electron chi connectivity index (χ1n) is 9.71. The predicted molar refractivity (Wildman–Crippen MR) is 105 cm³/mol. The van der Waals surface area contributed by atoms with Gasteiger partial charge in [0.1, 0.15) is 11.4 Å². The topological polar surface area (TPSA) is 94.2 Å². The van der Waals surface area contributed by atoms with Crippen molar-refractivity contribution in [1.29, 1.82) is 0 Å². The number of piperidine rings is 1. The van der Waals surface area contributed by atoms with E-state index in [0.29, 0.717) is 42.7 Å². The highest BCUT2D eigenvalue weighted by Gasteiger charge is 2.25. The summed E-state index contributed by atoms with van der Waals surface area (Å²) in [5, 5.41) is 4.00. The predicted octanol–water partition coefficient (Wildman–Crippen LogP) is 2.56. The van der Waals surface area contributed by atoms with Gasteiger partial charge in [-0.15, -0.1) is 0 Å². The fourth-order valence-corrected chi connectivity index (χ4v) is 3.63. The molecule has 1 atom stereocenters. The summed E-state index contributed by atoms with van der Waals surface area (Å²) >= 11 is 0. The molecule has 1 unspecified atom stereocenters. The average molecular weight is 393 g/mol. The van der Waals surface area contributed by atoms with Crippen LogP contribution in [0.5, 0.6) is 5.75 Å². The summed E-state index contributed by atoms with van der Waals surface area (Å²) in [6.07, 6.45) is 7.83. The van der Waals surface area contributed by atoms with E-state index in [0.717, 1.165) is 30.7 Å². The van der Waals surface area contributed by atoms with Crippen LogP contribution in [0, 0.1) is 5.92 Å². The van der Waals surface area contributed by atoms with Crippen LogP contribution in [0.2, 0.25) is 0 Å². The lowest BCUT2D eigenvalue weighted by molar-refractivity contribution is -0.132. The van der Waals surface area contributed by atoms with Gasteiger partial charge in [0.05, 0.1) is 19.7 Å². The van der Waals surface area contributed by atoms with Gasteiger partial charge in [0.2, 0.25) is 17.6 Å². The van der Waals surface area contributed by atoms with Crippen molar-refractivity contribution in [3.63, 3.8) is 0 Å². The van der Waals surface area contributed by atoms with Crippen LogP contribution < -0.4 is 4.74 Å². The Morgan fingerprint density at radius 2 is 2.28 bits per heavy atom. The molecule has 150 valence electrons. The molecule has 1 aromatic carbocycles. The van der Waals surface area contributed by atoms with E-state index in [4.69, 9.17) is 9.26 Å². The van der Waals surface area contributed by atoms with E-state index in [1.807, 2.05) is 29.2 Å². The molecule has 1 saturated heterocycles. The maximum absolute atomic E-state index is 12.8. The highest BCUT2D eigenvalue weighted by atomic mass is 16.5. The molecule has 0 radical (unpaired) electrons. The van der Waals surface area contributed by atoms with Gasteiger partial charge >= 0.3 is 0 Å². The van der Waals surface area contributed by atoms with Crippen LogP contribution in [0.1, 0.15) is 24.3 Å². The van der Waals surface area contributed by atoms with Crippen molar-refractivity contribution in [2.24, 2.45) is 5.92 Å². The third-order valence-electron chi connectivity index (χ3n) is 5.08. The second kappa shape index (κ2) is 8.81. The minimum absolute atomic E-state index is 0.133. The molecule has 4 rings (SSSR count). The van der Waals surface area contributed by atoms with Gasteiger partial charge in [0, 0.05) is 31.9 Å². The quantitative estimate of drug-likeness (QED) is 0.635. The zero-order valence-electron chi connectivity index (χ0n) is 16.3. The Bertz CT molecular complexity index is 960. The second-order valence-electron chi connectivity index (χ2n) is 7.18. The zero-order chi connectivity index (χ0) is 20.1. The van der Waals surface area contributed by atoms with E-state index < -0.39 is 0 Å². The van der Waals surface area contributed by atoms with Crippen molar-refractivity contribution in [3.05, 3.63) is 54.3 Å². The van der Waals surface area contributed by atoms with Crippen molar-refractivity contribution < 1.29 is 14.1 Å². The monoisotopic (exact) mass is 393 g/mol. The number of methoxy groups -OCH3 is 1. The molecule has 3 aromatic rings. The summed E-state index contributed by atoms with van der Waals surface area (Å²) in [7, 11) is 1.63. The molecule has 0 saturated carbocycles. The molecule has 1 aliphatic heterocycles. The Hall–Kier alpha value is -3.29. The SMILES string of the molecule is COc1cccc(CC(=O)N2CCCC(Cc3nc(-c4cnccn4)no3)C2)c1. The number of ether oxygens (including phenoxy) is 1. The molecule has 0 bridgehead atoms. The lowest BCUT2D eigenvalue weighted by Crippen LogP contribution is -2.41. The third-order valence-corrected chi connectivity index (χ3v) is 5.08. The summed E-state index contributed by atoms with van der Waals surface area (Å²) in [4.78, 5) is 27.4. The van der Waals surface area contributed by atoms with E-state index in [2.05, 4.69) is 20.1 Å². The largest absolute Gasteiger partial charge is 0.497 e. The molecule has 3 heterocycles. The summed E-state index contributed by atoms with van der Waals surface area (Å²) in [6, 6.07) is 7.65.